The van der Waals surface area contributed by atoms with Gasteiger partial charge in [0.1, 0.15) is 0 Å². The Kier molecular flexibility index (Phi) is 4.74. The van der Waals surface area contributed by atoms with E-state index in [4.69, 9.17) is 5.11 Å². The van der Waals surface area contributed by atoms with Gasteiger partial charge in [-0.05, 0) is 36.5 Å². The van der Waals surface area contributed by atoms with Crippen molar-refractivity contribution in [2.75, 3.05) is 18.0 Å². The number of hydrogen-bond donors (Lipinski definition) is 1. The lowest BCUT2D eigenvalue weighted by Crippen LogP contribution is -2.39. The number of carboxylic acids is 1. The third kappa shape index (κ3) is 3.17. The minimum absolute atomic E-state index is 0.345. The first kappa shape index (κ1) is 15.4. The Hall–Kier alpha value is -1.03. The number of hydrogen-bond acceptors (Lipinski definition) is 2. The molecule has 2 rings (SSSR count). The topological polar surface area (TPSA) is 40.5 Å². The Labute approximate surface area is 129 Å². The fraction of sp³-hybridized carbons (Fsp3) is 0.562. The molecule has 4 heteroatoms. The second-order valence-corrected chi connectivity index (χ2v) is 6.61. The molecule has 20 heavy (non-hydrogen) atoms. The van der Waals surface area contributed by atoms with E-state index in [9.17, 15) is 4.79 Å². The first-order valence-electron chi connectivity index (χ1n) is 7.28. The second kappa shape index (κ2) is 6.17. The van der Waals surface area contributed by atoms with Crippen LogP contribution >= 0.6 is 15.9 Å². The van der Waals surface area contributed by atoms with Crippen LogP contribution in [-0.4, -0.2) is 24.2 Å². The minimum Gasteiger partial charge on any atom is -0.478 e. The van der Waals surface area contributed by atoms with E-state index in [-0.39, 0.29) is 0 Å². The van der Waals surface area contributed by atoms with Gasteiger partial charge in [0.05, 0.1) is 5.56 Å². The third-order valence-corrected chi connectivity index (χ3v) is 5.28. The summed E-state index contributed by atoms with van der Waals surface area (Å²) in [5.41, 5.74) is 1.84. The van der Waals surface area contributed by atoms with Gasteiger partial charge in [0, 0.05) is 23.2 Å². The van der Waals surface area contributed by atoms with Gasteiger partial charge in [0.25, 0.3) is 0 Å². The number of carboxylic acid groups (broad SMARTS) is 1. The highest BCUT2D eigenvalue weighted by Gasteiger charge is 2.31. The molecule has 1 heterocycles. The molecule has 110 valence electrons. The third-order valence-electron chi connectivity index (χ3n) is 4.82. The normalized spacial score (nSPS) is 18.1. The molecular formula is C16H22BrNO2. The Morgan fingerprint density at radius 3 is 2.35 bits per heavy atom. The molecule has 0 saturated carbocycles. The summed E-state index contributed by atoms with van der Waals surface area (Å²) in [6.07, 6.45) is 4.84. The SMILES string of the molecule is CCC1(CC)CCN(c2cc(Br)cc(C(=O)O)c2)CC1. The lowest BCUT2D eigenvalue weighted by molar-refractivity contribution is 0.0697. The van der Waals surface area contributed by atoms with Crippen molar-refractivity contribution in [3.8, 4) is 0 Å². The first-order chi connectivity index (χ1) is 9.49. The Morgan fingerprint density at radius 1 is 1.25 bits per heavy atom. The molecule has 1 aromatic rings. The average Bonchev–Trinajstić information content (AvgIpc) is 2.46. The molecular weight excluding hydrogens is 318 g/mol. The van der Waals surface area contributed by atoms with Crippen LogP contribution in [0.5, 0.6) is 0 Å². The highest BCUT2D eigenvalue weighted by Crippen LogP contribution is 2.39. The number of benzene rings is 1. The Balaban J connectivity index is 2.16. The maximum atomic E-state index is 11.1. The largest absolute Gasteiger partial charge is 0.478 e. The van der Waals surface area contributed by atoms with Crippen LogP contribution in [0.4, 0.5) is 5.69 Å². The summed E-state index contributed by atoms with van der Waals surface area (Å²) in [4.78, 5) is 13.5. The number of anilines is 1. The summed E-state index contributed by atoms with van der Waals surface area (Å²) in [7, 11) is 0. The van der Waals surface area contributed by atoms with Crippen molar-refractivity contribution in [2.24, 2.45) is 5.41 Å². The molecule has 0 bridgehead atoms. The smallest absolute Gasteiger partial charge is 0.335 e. The zero-order valence-electron chi connectivity index (χ0n) is 12.2. The number of halogens is 1. The highest BCUT2D eigenvalue weighted by molar-refractivity contribution is 9.10. The summed E-state index contributed by atoms with van der Waals surface area (Å²) in [5, 5.41) is 9.15. The molecule has 3 nitrogen and oxygen atoms in total. The molecule has 0 atom stereocenters. The van der Waals surface area contributed by atoms with Crippen LogP contribution in [0.15, 0.2) is 22.7 Å². The zero-order valence-corrected chi connectivity index (χ0v) is 13.7. The average molecular weight is 340 g/mol. The summed E-state index contributed by atoms with van der Waals surface area (Å²) >= 11 is 3.41. The molecule has 1 N–H and O–H groups in total. The number of rotatable bonds is 4. The molecule has 0 radical (unpaired) electrons. The van der Waals surface area contributed by atoms with E-state index < -0.39 is 5.97 Å². The van der Waals surface area contributed by atoms with Gasteiger partial charge in [-0.2, -0.15) is 0 Å². The van der Waals surface area contributed by atoms with Crippen LogP contribution in [-0.2, 0) is 0 Å². The van der Waals surface area contributed by atoms with Gasteiger partial charge in [0.15, 0.2) is 0 Å². The summed E-state index contributed by atoms with van der Waals surface area (Å²) < 4.78 is 0.829. The maximum absolute atomic E-state index is 11.1. The summed E-state index contributed by atoms with van der Waals surface area (Å²) in [6, 6.07) is 5.44. The summed E-state index contributed by atoms with van der Waals surface area (Å²) in [6.45, 7) is 6.58. The molecule has 0 aliphatic carbocycles. The van der Waals surface area contributed by atoms with Crippen LogP contribution < -0.4 is 4.90 Å². The first-order valence-corrected chi connectivity index (χ1v) is 8.08. The van der Waals surface area contributed by atoms with E-state index in [1.54, 1.807) is 12.1 Å². The van der Waals surface area contributed by atoms with Gasteiger partial charge in [-0.3, -0.25) is 0 Å². The van der Waals surface area contributed by atoms with Gasteiger partial charge in [-0.25, -0.2) is 4.79 Å². The van der Waals surface area contributed by atoms with Crippen LogP contribution in [0.2, 0.25) is 0 Å². The van der Waals surface area contributed by atoms with Gasteiger partial charge in [-0.1, -0.05) is 42.6 Å². The predicted octanol–water partition coefficient (Wildman–Crippen LogP) is 4.55. The van der Waals surface area contributed by atoms with Crippen LogP contribution in [0.3, 0.4) is 0 Å². The second-order valence-electron chi connectivity index (χ2n) is 5.70. The highest BCUT2D eigenvalue weighted by atomic mass is 79.9. The van der Waals surface area contributed by atoms with Gasteiger partial charge < -0.3 is 10.0 Å². The maximum Gasteiger partial charge on any atom is 0.335 e. The van der Waals surface area contributed by atoms with E-state index in [1.807, 2.05) is 6.07 Å². The van der Waals surface area contributed by atoms with Gasteiger partial charge >= 0.3 is 5.97 Å². The number of carbonyl (C=O) groups is 1. The van der Waals surface area contributed by atoms with E-state index in [0.717, 1.165) is 23.2 Å². The van der Waals surface area contributed by atoms with E-state index in [2.05, 4.69) is 34.7 Å². The molecule has 0 aromatic heterocycles. The van der Waals surface area contributed by atoms with Crippen LogP contribution in [0.1, 0.15) is 49.9 Å². The van der Waals surface area contributed by atoms with Crippen molar-refractivity contribution in [3.05, 3.63) is 28.2 Å². The molecule has 1 aromatic carbocycles. The summed E-state index contributed by atoms with van der Waals surface area (Å²) in [5.74, 6) is -0.874. The minimum atomic E-state index is -0.874. The van der Waals surface area contributed by atoms with Crippen molar-refractivity contribution < 1.29 is 9.90 Å². The standard InChI is InChI=1S/C16H22BrNO2/c1-3-16(4-2)5-7-18(8-6-16)14-10-12(15(19)20)9-13(17)11-14/h9-11H,3-8H2,1-2H3,(H,19,20). The van der Waals surface area contributed by atoms with Crippen molar-refractivity contribution in [1.29, 1.82) is 0 Å². The molecule has 0 unspecified atom stereocenters. The molecule has 0 amide bonds. The van der Waals surface area contributed by atoms with Crippen LogP contribution in [0.25, 0.3) is 0 Å². The van der Waals surface area contributed by atoms with E-state index in [1.165, 1.54) is 25.7 Å². The Morgan fingerprint density at radius 2 is 1.85 bits per heavy atom. The lowest BCUT2D eigenvalue weighted by atomic mass is 9.74. The zero-order chi connectivity index (χ0) is 14.8. The molecule has 0 spiro atoms. The number of piperidine rings is 1. The quantitative estimate of drug-likeness (QED) is 0.874. The van der Waals surface area contributed by atoms with Crippen molar-refractivity contribution in [2.45, 2.75) is 39.5 Å². The fourth-order valence-electron chi connectivity index (χ4n) is 3.08. The van der Waals surface area contributed by atoms with Crippen molar-refractivity contribution >= 4 is 27.6 Å². The molecule has 1 saturated heterocycles. The fourth-order valence-corrected chi connectivity index (χ4v) is 3.56. The number of nitrogens with zero attached hydrogens (tertiary/aromatic N) is 1. The molecule has 1 aliphatic rings. The van der Waals surface area contributed by atoms with E-state index >= 15 is 0 Å². The monoisotopic (exact) mass is 339 g/mol. The molecule has 1 aliphatic heterocycles. The van der Waals surface area contributed by atoms with Gasteiger partial charge in [-0.15, -0.1) is 0 Å². The Bertz CT molecular complexity index is 487. The molecule has 1 fully saturated rings. The predicted molar refractivity (Wildman–Crippen MR) is 85.6 cm³/mol. The van der Waals surface area contributed by atoms with Crippen molar-refractivity contribution in [3.63, 3.8) is 0 Å². The van der Waals surface area contributed by atoms with Gasteiger partial charge in [0.2, 0.25) is 0 Å². The van der Waals surface area contributed by atoms with E-state index in [0.29, 0.717) is 11.0 Å². The lowest BCUT2D eigenvalue weighted by Gasteiger charge is -2.42. The van der Waals surface area contributed by atoms with Crippen molar-refractivity contribution in [1.82, 2.24) is 0 Å². The van der Waals surface area contributed by atoms with Crippen LogP contribution in [0, 0.1) is 5.41 Å². The number of aromatic carboxylic acids is 1.